The van der Waals surface area contributed by atoms with E-state index in [0.717, 1.165) is 0 Å². The lowest BCUT2D eigenvalue weighted by Crippen LogP contribution is -2.28. The molecule has 2 heterocycles. The normalized spacial score (nSPS) is 11.4. The molecule has 0 aromatic carbocycles. The Hall–Kier alpha value is -2.49. The van der Waals surface area contributed by atoms with Crippen molar-refractivity contribution in [2.45, 2.75) is 46.6 Å². The summed E-state index contributed by atoms with van der Waals surface area (Å²) in [4.78, 5) is 16.4. The molecule has 0 radical (unpaired) electrons. The van der Waals surface area contributed by atoms with Crippen LogP contribution in [-0.2, 0) is 12.0 Å². The summed E-state index contributed by atoms with van der Waals surface area (Å²) in [6.07, 6.45) is 0. The molecule has 0 amide bonds. The summed E-state index contributed by atoms with van der Waals surface area (Å²) in [6, 6.07) is 1.92. The van der Waals surface area contributed by atoms with Crippen LogP contribution in [0.4, 0.5) is 0 Å². The van der Waals surface area contributed by atoms with Crippen LogP contribution >= 0.6 is 0 Å². The van der Waals surface area contributed by atoms with Gasteiger partial charge in [0.2, 0.25) is 5.89 Å². The fourth-order valence-electron chi connectivity index (χ4n) is 1.77. The molecule has 110 valence electrons. The molecule has 7 heteroatoms. The third-order valence-corrected chi connectivity index (χ3v) is 3.15. The summed E-state index contributed by atoms with van der Waals surface area (Å²) in [5, 5.41) is 17.1. The minimum absolute atomic E-state index is 0.0776. The Balaban J connectivity index is 2.42. The van der Waals surface area contributed by atoms with E-state index >= 15 is 0 Å². The first-order valence-electron chi connectivity index (χ1n) is 6.55. The highest BCUT2D eigenvalue weighted by Crippen LogP contribution is 2.19. The molecule has 0 unspecified atom stereocenters. The van der Waals surface area contributed by atoms with Gasteiger partial charge in [-0.05, 0) is 19.4 Å². The Bertz CT molecular complexity index is 774. The molecule has 21 heavy (non-hydrogen) atoms. The highest BCUT2D eigenvalue weighted by atomic mass is 16.5. The van der Waals surface area contributed by atoms with Gasteiger partial charge in [0.25, 0.3) is 5.56 Å². The fraction of sp³-hybridized carbons (Fsp3) is 0.500. The van der Waals surface area contributed by atoms with Crippen LogP contribution in [0.1, 0.15) is 49.3 Å². The fourth-order valence-corrected chi connectivity index (χ4v) is 1.77. The number of aromatic nitrogens is 4. The topological polar surface area (TPSA) is 97.6 Å². The minimum atomic E-state index is -0.442. The van der Waals surface area contributed by atoms with E-state index in [-0.39, 0.29) is 17.5 Å². The van der Waals surface area contributed by atoms with E-state index in [1.54, 1.807) is 13.8 Å². The van der Waals surface area contributed by atoms with Gasteiger partial charge in [0.15, 0.2) is 5.82 Å². The predicted molar refractivity (Wildman–Crippen MR) is 74.8 cm³/mol. The van der Waals surface area contributed by atoms with Gasteiger partial charge >= 0.3 is 0 Å². The van der Waals surface area contributed by atoms with Crippen molar-refractivity contribution in [2.75, 3.05) is 0 Å². The van der Waals surface area contributed by atoms with Gasteiger partial charge in [-0.3, -0.25) is 4.79 Å². The van der Waals surface area contributed by atoms with Gasteiger partial charge in [-0.1, -0.05) is 25.9 Å². The van der Waals surface area contributed by atoms with Crippen LogP contribution in [0.5, 0.6) is 0 Å². The van der Waals surface area contributed by atoms with Crippen molar-refractivity contribution >= 4 is 0 Å². The average Bonchev–Trinajstić information content (AvgIpc) is 2.85. The van der Waals surface area contributed by atoms with Gasteiger partial charge in [0.05, 0.1) is 5.69 Å². The van der Waals surface area contributed by atoms with Crippen LogP contribution in [0.15, 0.2) is 9.32 Å². The molecular weight excluding hydrogens is 270 g/mol. The van der Waals surface area contributed by atoms with E-state index in [1.165, 1.54) is 4.68 Å². The Morgan fingerprint density at radius 2 is 2.00 bits per heavy atom. The predicted octanol–water partition coefficient (Wildman–Crippen LogP) is 1.46. The van der Waals surface area contributed by atoms with Gasteiger partial charge in [-0.25, -0.2) is 4.68 Å². The maximum absolute atomic E-state index is 12.2. The number of hydrogen-bond acceptors (Lipinski definition) is 6. The van der Waals surface area contributed by atoms with Crippen LogP contribution in [0.25, 0.3) is 0 Å². The van der Waals surface area contributed by atoms with Crippen LogP contribution in [0.3, 0.4) is 0 Å². The lowest BCUT2D eigenvalue weighted by Gasteiger charge is -2.10. The second kappa shape index (κ2) is 5.13. The van der Waals surface area contributed by atoms with E-state index in [9.17, 15) is 4.79 Å². The molecule has 0 atom stereocenters. The second-order valence-corrected chi connectivity index (χ2v) is 5.93. The van der Waals surface area contributed by atoms with Crippen molar-refractivity contribution in [3.8, 4) is 6.07 Å². The SMILES string of the molecule is Cc1nn(Cc2noc(C(C)(C)C)n2)c(=O)c(C#N)c1C. The number of nitrogens with zero attached hydrogens (tertiary/aromatic N) is 5. The van der Waals surface area contributed by atoms with Crippen molar-refractivity contribution in [2.24, 2.45) is 0 Å². The molecule has 2 aromatic rings. The molecule has 7 nitrogen and oxygen atoms in total. The van der Waals surface area contributed by atoms with Gasteiger partial charge < -0.3 is 4.52 Å². The van der Waals surface area contributed by atoms with Crippen LogP contribution in [0, 0.1) is 25.2 Å². The van der Waals surface area contributed by atoms with Crippen molar-refractivity contribution < 1.29 is 4.52 Å². The Morgan fingerprint density at radius 3 is 2.52 bits per heavy atom. The molecule has 0 spiro atoms. The maximum atomic E-state index is 12.2. The third-order valence-electron chi connectivity index (χ3n) is 3.15. The molecule has 0 aliphatic heterocycles. The summed E-state index contributed by atoms with van der Waals surface area (Å²) in [6.45, 7) is 9.41. The quantitative estimate of drug-likeness (QED) is 0.829. The second-order valence-electron chi connectivity index (χ2n) is 5.93. The summed E-state index contributed by atoms with van der Waals surface area (Å²) in [5.74, 6) is 0.858. The first-order valence-corrected chi connectivity index (χ1v) is 6.55. The van der Waals surface area contributed by atoms with Crippen LogP contribution in [0.2, 0.25) is 0 Å². The molecule has 0 saturated carbocycles. The van der Waals surface area contributed by atoms with Gasteiger partial charge in [-0.15, -0.1) is 0 Å². The summed E-state index contributed by atoms with van der Waals surface area (Å²) >= 11 is 0. The first-order chi connectivity index (χ1) is 9.74. The van der Waals surface area contributed by atoms with E-state index < -0.39 is 5.56 Å². The molecule has 0 bridgehead atoms. The highest BCUT2D eigenvalue weighted by Gasteiger charge is 2.22. The zero-order valence-corrected chi connectivity index (χ0v) is 12.8. The first kappa shape index (κ1) is 14.9. The van der Waals surface area contributed by atoms with E-state index in [0.29, 0.717) is 23.0 Å². The molecule has 2 rings (SSSR count). The van der Waals surface area contributed by atoms with E-state index in [2.05, 4.69) is 15.2 Å². The van der Waals surface area contributed by atoms with E-state index in [1.807, 2.05) is 26.8 Å². The number of aryl methyl sites for hydroxylation is 1. The van der Waals surface area contributed by atoms with Crippen LogP contribution < -0.4 is 5.56 Å². The van der Waals surface area contributed by atoms with E-state index in [4.69, 9.17) is 9.78 Å². The standard InChI is InChI=1S/C14H17N5O2/c1-8-9(2)17-19(12(20)10(8)6-15)7-11-16-13(21-18-11)14(3,4)5/h7H2,1-5H3. The molecule has 0 aliphatic rings. The molecule has 0 aliphatic carbocycles. The number of rotatable bonds is 2. The maximum Gasteiger partial charge on any atom is 0.285 e. The number of nitriles is 1. The van der Waals surface area contributed by atoms with Crippen LogP contribution in [-0.4, -0.2) is 19.9 Å². The number of hydrogen-bond donors (Lipinski definition) is 0. The lowest BCUT2D eigenvalue weighted by molar-refractivity contribution is 0.317. The molecule has 2 aromatic heterocycles. The molecule has 0 fully saturated rings. The Kier molecular flexibility index (Phi) is 3.64. The zero-order valence-electron chi connectivity index (χ0n) is 12.8. The van der Waals surface area contributed by atoms with Crippen molar-refractivity contribution in [3.05, 3.63) is 38.9 Å². The monoisotopic (exact) mass is 287 g/mol. The minimum Gasteiger partial charge on any atom is -0.339 e. The summed E-state index contributed by atoms with van der Waals surface area (Å²) in [7, 11) is 0. The summed E-state index contributed by atoms with van der Waals surface area (Å²) < 4.78 is 6.38. The molecule has 0 saturated heterocycles. The van der Waals surface area contributed by atoms with Gasteiger partial charge in [0.1, 0.15) is 18.2 Å². The molecular formula is C14H17N5O2. The van der Waals surface area contributed by atoms with Crippen molar-refractivity contribution in [1.29, 1.82) is 5.26 Å². The summed E-state index contributed by atoms with van der Waals surface area (Å²) in [5.41, 5.74) is 0.627. The molecule has 0 N–H and O–H groups in total. The van der Waals surface area contributed by atoms with Gasteiger partial charge in [0, 0.05) is 5.41 Å². The zero-order chi connectivity index (χ0) is 15.8. The smallest absolute Gasteiger partial charge is 0.285 e. The van der Waals surface area contributed by atoms with Gasteiger partial charge in [-0.2, -0.15) is 15.3 Å². The Morgan fingerprint density at radius 1 is 1.33 bits per heavy atom. The third kappa shape index (κ3) is 2.84. The average molecular weight is 287 g/mol. The van der Waals surface area contributed by atoms with Crippen molar-refractivity contribution in [3.63, 3.8) is 0 Å². The highest BCUT2D eigenvalue weighted by molar-refractivity contribution is 5.36. The lowest BCUT2D eigenvalue weighted by atomic mass is 9.97. The largest absolute Gasteiger partial charge is 0.339 e. The van der Waals surface area contributed by atoms with Crippen molar-refractivity contribution in [1.82, 2.24) is 19.9 Å². The Labute approximate surface area is 122 Å².